The first-order valence-corrected chi connectivity index (χ1v) is 13.6. The van der Waals surface area contributed by atoms with Gasteiger partial charge in [-0.1, -0.05) is 66.4 Å². The van der Waals surface area contributed by atoms with Crippen LogP contribution in [0.4, 0.5) is 0 Å². The number of allylic oxidation sites excluding steroid dienone is 1. The lowest BCUT2D eigenvalue weighted by Gasteiger charge is -2.58. The largest absolute Gasteiger partial charge is 0.481 e. The van der Waals surface area contributed by atoms with E-state index in [0.717, 1.165) is 49.4 Å². The van der Waals surface area contributed by atoms with Crippen LogP contribution in [0, 0.1) is 40.4 Å². The van der Waals surface area contributed by atoms with Gasteiger partial charge in [0.1, 0.15) is 0 Å². The van der Waals surface area contributed by atoms with Crippen LogP contribution in [0.5, 0.6) is 0 Å². The van der Waals surface area contributed by atoms with Gasteiger partial charge in [-0.25, -0.2) is 0 Å². The average molecular weight is 447 g/mol. The summed E-state index contributed by atoms with van der Waals surface area (Å²) in [6.45, 7) is 15.2. The van der Waals surface area contributed by atoms with Gasteiger partial charge >= 0.3 is 0 Å². The predicted molar refractivity (Wildman–Crippen MR) is 134 cm³/mol. The Bertz CT molecular complexity index is 676. The minimum absolute atomic E-state index is 0.337. The molecule has 3 nitrogen and oxygen atoms in total. The number of aliphatic carboxylic acids is 1. The maximum absolute atomic E-state index is 12.0. The Labute approximate surface area is 197 Å². The lowest BCUT2D eigenvalue weighted by atomic mass is 9.46. The zero-order valence-electron chi connectivity index (χ0n) is 22.0. The number of carbonyl (C=O) groups excluding carboxylic acids is 1. The first-order chi connectivity index (χ1) is 15.1. The standard InChI is InChI=1S/C25H40O.C2H4O2.C2H6/c1-5-6-7-17(2)21-10-11-22-20-9-8-18-16-19(26)12-14-24(18,3)23(20)13-15-25(21,22)4;1-2(3)4;1-2/h16-17,20-23H,5-15H2,1-4H3;1H3,(H,3,4);1-2H3. The SMILES string of the molecule is CC.CC(=O)O.CCCCC(C)C1CCC2C3CCC4=CC(=O)CCC4(C)C3CCC12C. The summed E-state index contributed by atoms with van der Waals surface area (Å²) in [5.41, 5.74) is 2.45. The maximum atomic E-state index is 12.0. The van der Waals surface area contributed by atoms with Crippen LogP contribution in [-0.4, -0.2) is 16.9 Å². The normalized spacial score (nSPS) is 38.5. The third kappa shape index (κ3) is 5.33. The van der Waals surface area contributed by atoms with Crippen molar-refractivity contribution in [3.8, 4) is 0 Å². The van der Waals surface area contributed by atoms with Gasteiger partial charge < -0.3 is 5.11 Å². The molecule has 1 N–H and O–H groups in total. The van der Waals surface area contributed by atoms with E-state index in [1.165, 1.54) is 63.4 Å². The predicted octanol–water partition coefficient (Wildman–Crippen LogP) is 8.08. The summed E-state index contributed by atoms with van der Waals surface area (Å²) in [4.78, 5) is 21.0. The van der Waals surface area contributed by atoms with E-state index in [0.29, 0.717) is 16.6 Å². The highest BCUT2D eigenvalue weighted by Gasteiger charge is 2.59. The van der Waals surface area contributed by atoms with E-state index in [-0.39, 0.29) is 0 Å². The number of rotatable bonds is 4. The van der Waals surface area contributed by atoms with Gasteiger partial charge in [-0.15, -0.1) is 0 Å². The van der Waals surface area contributed by atoms with Gasteiger partial charge in [-0.05, 0) is 91.4 Å². The van der Waals surface area contributed by atoms with Crippen LogP contribution >= 0.6 is 0 Å². The fourth-order valence-corrected chi connectivity index (χ4v) is 8.26. The van der Waals surface area contributed by atoms with E-state index >= 15 is 0 Å². The maximum Gasteiger partial charge on any atom is 0.300 e. The van der Waals surface area contributed by atoms with Crippen LogP contribution in [-0.2, 0) is 9.59 Å². The van der Waals surface area contributed by atoms with Gasteiger partial charge in [0.2, 0.25) is 0 Å². The van der Waals surface area contributed by atoms with Crippen molar-refractivity contribution < 1.29 is 14.7 Å². The smallest absolute Gasteiger partial charge is 0.300 e. The summed E-state index contributed by atoms with van der Waals surface area (Å²) >= 11 is 0. The van der Waals surface area contributed by atoms with Crippen LogP contribution in [0.25, 0.3) is 0 Å². The average Bonchev–Trinajstić information content (AvgIpc) is 3.11. The molecule has 4 rings (SSSR count). The Morgan fingerprint density at radius 2 is 1.75 bits per heavy atom. The minimum atomic E-state index is -0.833. The number of fused-ring (bicyclic) bond motifs is 5. The fourth-order valence-electron chi connectivity index (χ4n) is 8.26. The molecular formula is C29H50O3. The van der Waals surface area contributed by atoms with E-state index in [2.05, 4.69) is 33.8 Å². The van der Waals surface area contributed by atoms with E-state index in [1.54, 1.807) is 0 Å². The molecule has 184 valence electrons. The van der Waals surface area contributed by atoms with Gasteiger partial charge in [-0.3, -0.25) is 9.59 Å². The van der Waals surface area contributed by atoms with Crippen molar-refractivity contribution in [3.05, 3.63) is 11.6 Å². The lowest BCUT2D eigenvalue weighted by molar-refractivity contribution is -0.134. The molecule has 0 aromatic heterocycles. The van der Waals surface area contributed by atoms with Gasteiger partial charge in [0.05, 0.1) is 0 Å². The molecule has 7 atom stereocenters. The Balaban J connectivity index is 0.000000547. The van der Waals surface area contributed by atoms with E-state index in [9.17, 15) is 4.79 Å². The molecule has 3 saturated carbocycles. The topological polar surface area (TPSA) is 54.4 Å². The highest BCUT2D eigenvalue weighted by molar-refractivity contribution is 5.91. The second-order valence-corrected chi connectivity index (χ2v) is 11.3. The molecule has 0 bridgehead atoms. The Hall–Kier alpha value is -1.12. The molecule has 0 spiro atoms. The molecule has 0 aromatic carbocycles. The highest BCUT2D eigenvalue weighted by atomic mass is 16.4. The summed E-state index contributed by atoms with van der Waals surface area (Å²) in [6.07, 6.45) is 16.5. The second-order valence-electron chi connectivity index (χ2n) is 11.3. The Morgan fingerprint density at radius 3 is 2.38 bits per heavy atom. The molecule has 0 saturated heterocycles. The van der Waals surface area contributed by atoms with Gasteiger partial charge in [0.25, 0.3) is 5.97 Å². The van der Waals surface area contributed by atoms with Crippen LogP contribution < -0.4 is 0 Å². The molecule has 0 aliphatic heterocycles. The van der Waals surface area contributed by atoms with E-state index in [1.807, 2.05) is 13.8 Å². The first-order valence-electron chi connectivity index (χ1n) is 13.6. The van der Waals surface area contributed by atoms with Crippen LogP contribution in [0.1, 0.15) is 119 Å². The quantitative estimate of drug-likeness (QED) is 0.475. The van der Waals surface area contributed by atoms with Crippen molar-refractivity contribution in [2.45, 2.75) is 119 Å². The molecule has 32 heavy (non-hydrogen) atoms. The number of ketones is 1. The van der Waals surface area contributed by atoms with Crippen molar-refractivity contribution >= 4 is 11.8 Å². The van der Waals surface area contributed by atoms with Gasteiger partial charge in [-0.2, -0.15) is 0 Å². The summed E-state index contributed by atoms with van der Waals surface area (Å²) < 4.78 is 0. The summed E-state index contributed by atoms with van der Waals surface area (Å²) in [5.74, 6) is 4.14. The summed E-state index contributed by atoms with van der Waals surface area (Å²) in [5, 5.41) is 7.42. The molecule has 4 aliphatic rings. The van der Waals surface area contributed by atoms with Crippen molar-refractivity contribution in [2.75, 3.05) is 0 Å². The monoisotopic (exact) mass is 446 g/mol. The van der Waals surface area contributed by atoms with E-state index < -0.39 is 5.97 Å². The third-order valence-electron chi connectivity index (χ3n) is 9.74. The van der Waals surface area contributed by atoms with Crippen molar-refractivity contribution in [1.29, 1.82) is 0 Å². The zero-order valence-corrected chi connectivity index (χ0v) is 22.0. The Kier molecular flexibility index (Phi) is 9.61. The number of carboxylic acids is 1. The van der Waals surface area contributed by atoms with Crippen molar-refractivity contribution in [2.24, 2.45) is 40.4 Å². The molecule has 0 heterocycles. The summed E-state index contributed by atoms with van der Waals surface area (Å²) in [6, 6.07) is 0. The number of unbranched alkanes of at least 4 members (excludes halogenated alkanes) is 1. The minimum Gasteiger partial charge on any atom is -0.481 e. The number of carbonyl (C=O) groups is 2. The zero-order chi connectivity index (χ0) is 24.1. The van der Waals surface area contributed by atoms with Crippen LogP contribution in [0.15, 0.2) is 11.6 Å². The fraction of sp³-hybridized carbons (Fsp3) is 0.862. The molecule has 0 amide bonds. The van der Waals surface area contributed by atoms with Crippen molar-refractivity contribution in [3.63, 3.8) is 0 Å². The molecule has 0 aromatic rings. The number of hydrogen-bond acceptors (Lipinski definition) is 2. The van der Waals surface area contributed by atoms with Crippen molar-refractivity contribution in [1.82, 2.24) is 0 Å². The van der Waals surface area contributed by atoms with Gasteiger partial charge in [0.15, 0.2) is 5.78 Å². The Morgan fingerprint density at radius 1 is 1.09 bits per heavy atom. The third-order valence-corrected chi connectivity index (χ3v) is 9.74. The lowest BCUT2D eigenvalue weighted by Crippen LogP contribution is -2.50. The highest BCUT2D eigenvalue weighted by Crippen LogP contribution is 2.67. The molecule has 0 radical (unpaired) electrons. The molecule has 4 aliphatic carbocycles. The number of carboxylic acid groups (broad SMARTS) is 1. The summed E-state index contributed by atoms with van der Waals surface area (Å²) in [7, 11) is 0. The first kappa shape index (κ1) is 27.1. The molecular weight excluding hydrogens is 396 g/mol. The van der Waals surface area contributed by atoms with E-state index in [4.69, 9.17) is 9.90 Å². The van der Waals surface area contributed by atoms with Crippen LogP contribution in [0.2, 0.25) is 0 Å². The molecule has 3 fully saturated rings. The van der Waals surface area contributed by atoms with Gasteiger partial charge in [0, 0.05) is 13.3 Å². The van der Waals surface area contributed by atoms with Crippen LogP contribution in [0.3, 0.4) is 0 Å². The molecule has 3 heteroatoms. The number of hydrogen-bond donors (Lipinski definition) is 1. The molecule has 7 unspecified atom stereocenters. The second kappa shape index (κ2) is 11.3.